The summed E-state index contributed by atoms with van der Waals surface area (Å²) in [7, 11) is 0. The zero-order valence-electron chi connectivity index (χ0n) is 7.12. The highest BCUT2D eigenvalue weighted by Gasteiger charge is 2.10. The van der Waals surface area contributed by atoms with Crippen molar-refractivity contribution in [3.63, 3.8) is 0 Å². The SMILES string of the molecule is N#Cc1c(CBr)cc2ccsc2c1S. The highest BCUT2D eigenvalue weighted by molar-refractivity contribution is 9.08. The van der Waals surface area contributed by atoms with E-state index in [4.69, 9.17) is 5.26 Å². The molecular weight excluding hydrogens is 278 g/mol. The molecule has 0 radical (unpaired) electrons. The number of fused-ring (bicyclic) bond motifs is 1. The molecule has 1 nitrogen and oxygen atoms in total. The van der Waals surface area contributed by atoms with Gasteiger partial charge < -0.3 is 0 Å². The summed E-state index contributed by atoms with van der Waals surface area (Å²) in [5.74, 6) is 0. The van der Waals surface area contributed by atoms with Crippen LogP contribution < -0.4 is 0 Å². The first-order valence-corrected chi connectivity index (χ1v) is 6.41. The van der Waals surface area contributed by atoms with E-state index in [0.29, 0.717) is 10.9 Å². The molecule has 1 aromatic carbocycles. The Morgan fingerprint density at radius 2 is 2.36 bits per heavy atom. The molecule has 2 rings (SSSR count). The molecule has 1 heterocycles. The number of nitrogens with zero attached hydrogens (tertiary/aromatic N) is 1. The van der Waals surface area contributed by atoms with Gasteiger partial charge in [-0.1, -0.05) is 15.9 Å². The van der Waals surface area contributed by atoms with Crippen LogP contribution in [0.15, 0.2) is 22.4 Å². The fraction of sp³-hybridized carbons (Fsp3) is 0.100. The van der Waals surface area contributed by atoms with Gasteiger partial charge in [0.15, 0.2) is 0 Å². The molecule has 70 valence electrons. The maximum atomic E-state index is 9.01. The van der Waals surface area contributed by atoms with Gasteiger partial charge in [-0.3, -0.25) is 0 Å². The van der Waals surface area contributed by atoms with Gasteiger partial charge in [0.25, 0.3) is 0 Å². The third-order valence-electron chi connectivity index (χ3n) is 2.05. The number of benzene rings is 1. The van der Waals surface area contributed by atoms with Crippen LogP contribution in [0, 0.1) is 11.3 Å². The number of thiophene rings is 1. The van der Waals surface area contributed by atoms with Gasteiger partial charge in [-0.25, -0.2) is 0 Å². The van der Waals surface area contributed by atoms with Gasteiger partial charge >= 0.3 is 0 Å². The Bertz CT molecular complexity index is 525. The topological polar surface area (TPSA) is 23.8 Å². The number of alkyl halides is 1. The zero-order chi connectivity index (χ0) is 10.1. The lowest BCUT2D eigenvalue weighted by atomic mass is 10.1. The van der Waals surface area contributed by atoms with Crippen molar-refractivity contribution in [1.82, 2.24) is 0 Å². The second-order valence-corrected chi connectivity index (χ2v) is 4.77. The van der Waals surface area contributed by atoms with Crippen LogP contribution in [-0.2, 0) is 5.33 Å². The van der Waals surface area contributed by atoms with Gasteiger partial charge in [-0.15, -0.1) is 24.0 Å². The summed E-state index contributed by atoms with van der Waals surface area (Å²) in [5.41, 5.74) is 1.68. The quantitative estimate of drug-likeness (QED) is 0.622. The third kappa shape index (κ3) is 1.46. The highest BCUT2D eigenvalue weighted by Crippen LogP contribution is 2.33. The minimum absolute atomic E-state index is 0.681. The van der Waals surface area contributed by atoms with E-state index in [2.05, 4.69) is 34.6 Å². The Hall–Kier alpha value is -0.500. The number of hydrogen-bond acceptors (Lipinski definition) is 3. The molecule has 0 aliphatic carbocycles. The fourth-order valence-corrected chi connectivity index (χ4v) is 3.13. The molecule has 0 unspecified atom stereocenters. The molecule has 14 heavy (non-hydrogen) atoms. The summed E-state index contributed by atoms with van der Waals surface area (Å²) < 4.78 is 1.09. The first-order chi connectivity index (χ1) is 6.77. The lowest BCUT2D eigenvalue weighted by molar-refractivity contribution is 1.33. The first kappa shape index (κ1) is 10.0. The summed E-state index contributed by atoms with van der Waals surface area (Å²) >= 11 is 9.40. The smallest absolute Gasteiger partial charge is 0.101 e. The van der Waals surface area contributed by atoms with Crippen molar-refractivity contribution in [1.29, 1.82) is 5.26 Å². The van der Waals surface area contributed by atoms with Gasteiger partial charge in [-0.05, 0) is 28.5 Å². The van der Waals surface area contributed by atoms with Crippen LogP contribution in [0.4, 0.5) is 0 Å². The zero-order valence-corrected chi connectivity index (χ0v) is 10.4. The summed E-state index contributed by atoms with van der Waals surface area (Å²) in [6.07, 6.45) is 0. The van der Waals surface area contributed by atoms with E-state index in [1.807, 2.05) is 17.5 Å². The lowest BCUT2D eigenvalue weighted by Crippen LogP contribution is -1.87. The number of halogens is 1. The average Bonchev–Trinajstić information content (AvgIpc) is 2.65. The van der Waals surface area contributed by atoms with Gasteiger partial charge in [0.1, 0.15) is 6.07 Å². The molecule has 0 aliphatic rings. The van der Waals surface area contributed by atoms with E-state index in [9.17, 15) is 0 Å². The predicted molar refractivity (Wildman–Crippen MR) is 66.4 cm³/mol. The molecule has 0 atom stereocenters. The number of thiol groups is 1. The van der Waals surface area contributed by atoms with Crippen molar-refractivity contribution in [2.75, 3.05) is 0 Å². The van der Waals surface area contributed by atoms with Gasteiger partial charge in [0, 0.05) is 14.9 Å². The molecule has 2 aromatic rings. The molecule has 0 saturated carbocycles. The predicted octanol–water partition coefficient (Wildman–Crippen LogP) is 3.96. The molecule has 1 aromatic heterocycles. The summed E-state index contributed by atoms with van der Waals surface area (Å²) in [6.45, 7) is 0. The molecular formula is C10H6BrNS2. The summed E-state index contributed by atoms with van der Waals surface area (Å²) in [5, 5.41) is 12.9. The Labute approximate surface area is 99.9 Å². The van der Waals surface area contributed by atoms with Crippen molar-refractivity contribution in [3.8, 4) is 6.07 Å². The van der Waals surface area contributed by atoms with E-state index in [1.54, 1.807) is 11.3 Å². The van der Waals surface area contributed by atoms with E-state index < -0.39 is 0 Å². The van der Waals surface area contributed by atoms with E-state index in [1.165, 1.54) is 0 Å². The van der Waals surface area contributed by atoms with Crippen LogP contribution >= 0.6 is 39.9 Å². The van der Waals surface area contributed by atoms with Crippen molar-refractivity contribution < 1.29 is 0 Å². The molecule has 0 aliphatic heterocycles. The minimum Gasteiger partial charge on any atom is -0.192 e. The third-order valence-corrected chi connectivity index (χ3v) is 4.20. The maximum Gasteiger partial charge on any atom is 0.101 e. The Balaban J connectivity index is 2.88. The van der Waals surface area contributed by atoms with Crippen LogP contribution in [0.2, 0.25) is 0 Å². The van der Waals surface area contributed by atoms with Crippen molar-refractivity contribution >= 4 is 50.0 Å². The number of rotatable bonds is 1. The molecule has 0 N–H and O–H groups in total. The lowest BCUT2D eigenvalue weighted by Gasteiger charge is -2.04. The van der Waals surface area contributed by atoms with Crippen LogP contribution in [0.5, 0.6) is 0 Å². The van der Waals surface area contributed by atoms with Crippen molar-refractivity contribution in [2.24, 2.45) is 0 Å². The highest BCUT2D eigenvalue weighted by atomic mass is 79.9. The summed E-state index contributed by atoms with van der Waals surface area (Å²) in [4.78, 5) is 0.800. The average molecular weight is 284 g/mol. The molecule has 0 fully saturated rings. The van der Waals surface area contributed by atoms with Gasteiger partial charge in [0.05, 0.1) is 5.56 Å². The Kier molecular flexibility index (Phi) is 2.82. The van der Waals surface area contributed by atoms with Crippen LogP contribution in [0.25, 0.3) is 10.1 Å². The molecule has 0 spiro atoms. The molecule has 4 heteroatoms. The standard InChI is InChI=1S/C10H6BrNS2/c11-4-7-3-6-1-2-14-10(6)9(13)8(7)5-12/h1-3,13H,4H2. The van der Waals surface area contributed by atoms with Crippen LogP contribution in [0.3, 0.4) is 0 Å². The van der Waals surface area contributed by atoms with E-state index in [-0.39, 0.29) is 0 Å². The normalized spacial score (nSPS) is 10.4. The van der Waals surface area contributed by atoms with Crippen molar-refractivity contribution in [3.05, 3.63) is 28.6 Å². The van der Waals surface area contributed by atoms with E-state index in [0.717, 1.165) is 20.5 Å². The second-order valence-electron chi connectivity index (χ2n) is 2.84. The van der Waals surface area contributed by atoms with Crippen LogP contribution in [-0.4, -0.2) is 0 Å². The second kappa shape index (κ2) is 3.93. The Morgan fingerprint density at radius 3 is 3.00 bits per heavy atom. The van der Waals surface area contributed by atoms with Crippen LogP contribution in [0.1, 0.15) is 11.1 Å². The van der Waals surface area contributed by atoms with E-state index >= 15 is 0 Å². The number of hydrogen-bond donors (Lipinski definition) is 1. The first-order valence-electron chi connectivity index (χ1n) is 3.96. The van der Waals surface area contributed by atoms with Crippen molar-refractivity contribution in [2.45, 2.75) is 10.2 Å². The Morgan fingerprint density at radius 1 is 1.57 bits per heavy atom. The molecule has 0 amide bonds. The minimum atomic E-state index is 0.681. The largest absolute Gasteiger partial charge is 0.192 e. The number of nitriles is 1. The maximum absolute atomic E-state index is 9.01. The monoisotopic (exact) mass is 283 g/mol. The molecule has 0 bridgehead atoms. The summed E-state index contributed by atoms with van der Waals surface area (Å²) in [6, 6.07) is 6.29. The van der Waals surface area contributed by atoms with Gasteiger partial charge in [0.2, 0.25) is 0 Å². The van der Waals surface area contributed by atoms with Gasteiger partial charge in [-0.2, -0.15) is 5.26 Å². The fourth-order valence-electron chi connectivity index (χ4n) is 1.38. The molecule has 0 saturated heterocycles.